The molecule has 0 aliphatic heterocycles. The molecule has 2 aromatic carbocycles. The number of hydrogen-bond acceptors (Lipinski definition) is 5. The molecule has 7 heteroatoms. The molecule has 0 saturated carbocycles. The van der Waals surface area contributed by atoms with Gasteiger partial charge in [-0.05, 0) is 35.6 Å². The third-order valence-corrected chi connectivity index (χ3v) is 6.06. The van der Waals surface area contributed by atoms with Crippen LogP contribution in [0.3, 0.4) is 0 Å². The molecule has 1 aromatic heterocycles. The van der Waals surface area contributed by atoms with Crippen molar-refractivity contribution in [1.29, 1.82) is 0 Å². The Balaban J connectivity index is 1.81. The summed E-state index contributed by atoms with van der Waals surface area (Å²) in [7, 11) is 3.09. The van der Waals surface area contributed by atoms with Crippen molar-refractivity contribution in [2.75, 3.05) is 27.3 Å². The van der Waals surface area contributed by atoms with Gasteiger partial charge in [-0.25, -0.2) is 0 Å². The number of hydrogen-bond donors (Lipinski definition) is 0. The highest BCUT2D eigenvalue weighted by atomic mass is 32.1. The summed E-state index contributed by atoms with van der Waals surface area (Å²) in [5.41, 5.74) is 1.48. The van der Waals surface area contributed by atoms with E-state index in [2.05, 4.69) is 0 Å². The number of nitrogens with zero attached hydrogens (tertiary/aromatic N) is 2. The molecule has 33 heavy (non-hydrogen) atoms. The number of carbonyl (C=O) groups excluding carboxylic acids is 2. The number of rotatable bonds is 11. The number of amides is 2. The largest absolute Gasteiger partial charge is 0.497 e. The standard InChI is InChI=1S/C26H30N2O4S/c1-4-12-27(26(30)21-14-22(31-2)16-23(15-21)32-3)19-25(29)28(18-24-11-8-13-33-24)17-20-9-6-5-7-10-20/h5-11,13-16H,4,12,17-19H2,1-3H3. The summed E-state index contributed by atoms with van der Waals surface area (Å²) in [5, 5.41) is 2.00. The molecule has 3 rings (SSSR count). The van der Waals surface area contributed by atoms with Crippen molar-refractivity contribution in [1.82, 2.24) is 9.80 Å². The Morgan fingerprint density at radius 1 is 0.879 bits per heavy atom. The molecule has 1 heterocycles. The minimum atomic E-state index is -0.224. The second kappa shape index (κ2) is 12.1. The van der Waals surface area contributed by atoms with Crippen LogP contribution in [0.2, 0.25) is 0 Å². The molecule has 0 aliphatic carbocycles. The number of ether oxygens (including phenoxy) is 2. The van der Waals surface area contributed by atoms with Gasteiger partial charge in [-0.15, -0.1) is 11.3 Å². The Hall–Kier alpha value is -3.32. The van der Waals surface area contributed by atoms with Gasteiger partial charge in [-0.3, -0.25) is 9.59 Å². The predicted octanol–water partition coefficient (Wildman–Crippen LogP) is 4.85. The molecule has 0 radical (unpaired) electrons. The predicted molar refractivity (Wildman–Crippen MR) is 131 cm³/mol. The van der Waals surface area contributed by atoms with Crippen LogP contribution in [0.5, 0.6) is 11.5 Å². The van der Waals surface area contributed by atoms with Gasteiger partial charge in [0.25, 0.3) is 5.91 Å². The van der Waals surface area contributed by atoms with E-state index in [0.717, 1.165) is 16.9 Å². The average molecular weight is 467 g/mol. The Labute approximate surface area is 199 Å². The maximum absolute atomic E-state index is 13.4. The fourth-order valence-corrected chi connectivity index (χ4v) is 4.25. The molecule has 6 nitrogen and oxygen atoms in total. The Morgan fingerprint density at radius 3 is 2.15 bits per heavy atom. The third kappa shape index (κ3) is 6.83. The van der Waals surface area contributed by atoms with Gasteiger partial charge >= 0.3 is 0 Å². The molecule has 0 N–H and O–H groups in total. The van der Waals surface area contributed by atoms with E-state index in [4.69, 9.17) is 9.47 Å². The quantitative estimate of drug-likeness (QED) is 0.406. The van der Waals surface area contributed by atoms with Gasteiger partial charge in [0.15, 0.2) is 0 Å². The molecule has 0 saturated heterocycles. The van der Waals surface area contributed by atoms with Gasteiger partial charge in [0.2, 0.25) is 5.91 Å². The van der Waals surface area contributed by atoms with Gasteiger partial charge in [0.05, 0.1) is 20.8 Å². The third-order valence-electron chi connectivity index (χ3n) is 5.20. The zero-order valence-corrected chi connectivity index (χ0v) is 20.1. The highest BCUT2D eigenvalue weighted by Crippen LogP contribution is 2.24. The minimum Gasteiger partial charge on any atom is -0.497 e. The van der Waals surface area contributed by atoms with Crippen LogP contribution in [0.15, 0.2) is 66.0 Å². The number of carbonyl (C=O) groups is 2. The molecule has 174 valence electrons. The van der Waals surface area contributed by atoms with Crippen molar-refractivity contribution < 1.29 is 19.1 Å². The van der Waals surface area contributed by atoms with Crippen LogP contribution >= 0.6 is 11.3 Å². The topological polar surface area (TPSA) is 59.1 Å². The van der Waals surface area contributed by atoms with Crippen LogP contribution in [0.25, 0.3) is 0 Å². The van der Waals surface area contributed by atoms with Crippen LogP contribution < -0.4 is 9.47 Å². The molecule has 0 fully saturated rings. The van der Waals surface area contributed by atoms with Crippen molar-refractivity contribution in [3.8, 4) is 11.5 Å². The second-order valence-corrected chi connectivity index (χ2v) is 8.68. The van der Waals surface area contributed by atoms with Crippen molar-refractivity contribution in [2.24, 2.45) is 0 Å². The highest BCUT2D eigenvalue weighted by Gasteiger charge is 2.23. The van der Waals surface area contributed by atoms with Gasteiger partial charge in [-0.2, -0.15) is 0 Å². The maximum atomic E-state index is 13.4. The maximum Gasteiger partial charge on any atom is 0.254 e. The summed E-state index contributed by atoms with van der Waals surface area (Å²) in [4.78, 5) is 31.3. The normalized spacial score (nSPS) is 10.5. The molecular formula is C26H30N2O4S. The molecule has 3 aromatic rings. The van der Waals surface area contributed by atoms with E-state index in [1.54, 1.807) is 48.7 Å². The lowest BCUT2D eigenvalue weighted by molar-refractivity contribution is -0.133. The zero-order chi connectivity index (χ0) is 23.6. The summed E-state index contributed by atoms with van der Waals surface area (Å²) < 4.78 is 10.6. The van der Waals surface area contributed by atoms with Gasteiger partial charge in [-0.1, -0.05) is 43.3 Å². The number of methoxy groups -OCH3 is 2. The number of benzene rings is 2. The van der Waals surface area contributed by atoms with Crippen LogP contribution in [0.1, 0.15) is 34.1 Å². The molecule has 0 atom stereocenters. The summed E-state index contributed by atoms with van der Waals surface area (Å²) in [6, 6.07) is 19.0. The van der Waals surface area contributed by atoms with Crippen molar-refractivity contribution in [3.63, 3.8) is 0 Å². The van der Waals surface area contributed by atoms with Crippen LogP contribution in [-0.4, -0.2) is 48.9 Å². The van der Waals surface area contributed by atoms with Crippen LogP contribution in [0, 0.1) is 0 Å². The first-order chi connectivity index (χ1) is 16.0. The van der Waals surface area contributed by atoms with E-state index in [1.165, 1.54) is 0 Å². The smallest absolute Gasteiger partial charge is 0.254 e. The fraction of sp³-hybridized carbons (Fsp3) is 0.308. The lowest BCUT2D eigenvalue weighted by Crippen LogP contribution is -2.42. The van der Waals surface area contributed by atoms with E-state index >= 15 is 0 Å². The lowest BCUT2D eigenvalue weighted by Gasteiger charge is -2.27. The summed E-state index contributed by atoms with van der Waals surface area (Å²) in [6.07, 6.45) is 0.740. The fourth-order valence-electron chi connectivity index (χ4n) is 3.53. The molecular weight excluding hydrogens is 436 g/mol. The number of thiophene rings is 1. The monoisotopic (exact) mass is 466 g/mol. The Kier molecular flexibility index (Phi) is 8.89. The molecule has 0 spiro atoms. The molecule has 0 aliphatic rings. The second-order valence-electron chi connectivity index (χ2n) is 7.64. The van der Waals surface area contributed by atoms with Crippen LogP contribution in [-0.2, 0) is 17.9 Å². The SMILES string of the molecule is CCCN(CC(=O)N(Cc1ccccc1)Cc1cccs1)C(=O)c1cc(OC)cc(OC)c1. The highest BCUT2D eigenvalue weighted by molar-refractivity contribution is 7.09. The van der Waals surface area contributed by atoms with E-state index in [0.29, 0.717) is 36.7 Å². The van der Waals surface area contributed by atoms with Crippen LogP contribution in [0.4, 0.5) is 0 Å². The molecule has 0 unspecified atom stereocenters. The van der Waals surface area contributed by atoms with E-state index in [9.17, 15) is 9.59 Å². The first-order valence-corrected chi connectivity index (χ1v) is 11.8. The summed E-state index contributed by atoms with van der Waals surface area (Å²) in [6.45, 7) is 3.46. The Bertz CT molecular complexity index is 1020. The van der Waals surface area contributed by atoms with Crippen molar-refractivity contribution in [3.05, 3.63) is 82.0 Å². The van der Waals surface area contributed by atoms with Crippen molar-refractivity contribution in [2.45, 2.75) is 26.4 Å². The van der Waals surface area contributed by atoms with Gasteiger partial charge in [0.1, 0.15) is 18.0 Å². The van der Waals surface area contributed by atoms with E-state index in [-0.39, 0.29) is 18.4 Å². The van der Waals surface area contributed by atoms with E-state index in [1.807, 2.05) is 59.7 Å². The summed E-state index contributed by atoms with van der Waals surface area (Å²) >= 11 is 1.62. The first-order valence-electron chi connectivity index (χ1n) is 10.9. The minimum absolute atomic E-state index is 0.00437. The van der Waals surface area contributed by atoms with E-state index < -0.39 is 0 Å². The average Bonchev–Trinajstić information content (AvgIpc) is 3.36. The Morgan fingerprint density at radius 2 is 1.58 bits per heavy atom. The zero-order valence-electron chi connectivity index (χ0n) is 19.3. The molecule has 2 amide bonds. The van der Waals surface area contributed by atoms with Gasteiger partial charge < -0.3 is 19.3 Å². The molecule has 0 bridgehead atoms. The lowest BCUT2D eigenvalue weighted by atomic mass is 10.1. The van der Waals surface area contributed by atoms with Gasteiger partial charge in [0, 0.05) is 29.6 Å². The first kappa shape index (κ1) is 24.3. The summed E-state index contributed by atoms with van der Waals surface area (Å²) in [5.74, 6) is 0.745. The van der Waals surface area contributed by atoms with Crippen molar-refractivity contribution >= 4 is 23.2 Å².